The molecular formula is C8H16O5S. The molecular weight excluding hydrogens is 208 g/mol. The number of carbonyl (C=O) groups excluding carboxylic acids is 1. The molecule has 84 valence electrons. The van der Waals surface area contributed by atoms with E-state index in [1.807, 2.05) is 20.8 Å². The van der Waals surface area contributed by atoms with Crippen LogP contribution in [0.1, 0.15) is 27.2 Å². The van der Waals surface area contributed by atoms with Gasteiger partial charge in [0.25, 0.3) is 10.1 Å². The first-order chi connectivity index (χ1) is 6.10. The SMILES string of the molecule is CC(C)(C)CC(=O)OCCS(=O)(=O)O. The summed E-state index contributed by atoms with van der Waals surface area (Å²) in [7, 11) is -4.04. The minimum atomic E-state index is -4.04. The summed E-state index contributed by atoms with van der Waals surface area (Å²) in [5.74, 6) is -1.01. The summed E-state index contributed by atoms with van der Waals surface area (Å²) >= 11 is 0. The molecule has 6 heteroatoms. The molecule has 0 saturated carbocycles. The number of esters is 1. The van der Waals surface area contributed by atoms with Crippen LogP contribution in [0.4, 0.5) is 0 Å². The molecule has 0 spiro atoms. The number of carbonyl (C=O) groups is 1. The average molecular weight is 224 g/mol. The Bertz CT molecular complexity index is 285. The fraction of sp³-hybridized carbons (Fsp3) is 0.875. The van der Waals surface area contributed by atoms with Gasteiger partial charge in [0.05, 0.1) is 6.42 Å². The summed E-state index contributed by atoms with van der Waals surface area (Å²) in [4.78, 5) is 11.0. The molecule has 0 fully saturated rings. The van der Waals surface area contributed by atoms with Gasteiger partial charge in [0.2, 0.25) is 0 Å². The Balaban J connectivity index is 3.77. The third kappa shape index (κ3) is 9.47. The van der Waals surface area contributed by atoms with Crippen molar-refractivity contribution in [3.05, 3.63) is 0 Å². The Labute approximate surface area is 84.2 Å². The average Bonchev–Trinajstić information content (AvgIpc) is 1.78. The smallest absolute Gasteiger partial charge is 0.306 e. The highest BCUT2D eigenvalue weighted by atomic mass is 32.2. The third-order valence-electron chi connectivity index (χ3n) is 1.28. The van der Waals surface area contributed by atoms with E-state index < -0.39 is 21.8 Å². The second-order valence-corrected chi connectivity index (χ2v) is 5.82. The van der Waals surface area contributed by atoms with Crippen molar-refractivity contribution in [3.8, 4) is 0 Å². The van der Waals surface area contributed by atoms with Crippen molar-refractivity contribution in [1.29, 1.82) is 0 Å². The van der Waals surface area contributed by atoms with Crippen LogP contribution in [0.5, 0.6) is 0 Å². The molecule has 0 heterocycles. The predicted octanol–water partition coefficient (Wildman–Crippen LogP) is 0.854. The topological polar surface area (TPSA) is 80.7 Å². The van der Waals surface area contributed by atoms with Crippen LogP contribution in [0.2, 0.25) is 0 Å². The molecule has 0 aromatic heterocycles. The molecule has 0 radical (unpaired) electrons. The van der Waals surface area contributed by atoms with Gasteiger partial charge in [0.15, 0.2) is 0 Å². The minimum Gasteiger partial charge on any atom is -0.464 e. The fourth-order valence-corrected chi connectivity index (χ4v) is 1.04. The number of hydrogen-bond acceptors (Lipinski definition) is 4. The standard InChI is InChI=1S/C8H16O5S/c1-8(2,3)6-7(9)13-4-5-14(10,11)12/h4-6H2,1-3H3,(H,10,11,12). The van der Waals surface area contributed by atoms with Gasteiger partial charge < -0.3 is 4.74 Å². The van der Waals surface area contributed by atoms with Gasteiger partial charge in [-0.2, -0.15) is 8.42 Å². The lowest BCUT2D eigenvalue weighted by Crippen LogP contribution is -2.19. The van der Waals surface area contributed by atoms with Gasteiger partial charge in [0.1, 0.15) is 12.4 Å². The van der Waals surface area contributed by atoms with Crippen molar-refractivity contribution in [2.75, 3.05) is 12.4 Å². The zero-order valence-electron chi connectivity index (χ0n) is 8.61. The van der Waals surface area contributed by atoms with Crippen molar-refractivity contribution < 1.29 is 22.5 Å². The Morgan fingerprint density at radius 3 is 2.21 bits per heavy atom. The van der Waals surface area contributed by atoms with Gasteiger partial charge in [-0.15, -0.1) is 0 Å². The lowest BCUT2D eigenvalue weighted by molar-refractivity contribution is -0.145. The third-order valence-corrected chi connectivity index (χ3v) is 1.96. The Morgan fingerprint density at radius 1 is 1.36 bits per heavy atom. The normalized spacial score (nSPS) is 12.6. The van der Waals surface area contributed by atoms with E-state index in [4.69, 9.17) is 4.55 Å². The summed E-state index contributed by atoms with van der Waals surface area (Å²) in [6.45, 7) is 5.32. The van der Waals surface area contributed by atoms with E-state index in [0.29, 0.717) is 0 Å². The largest absolute Gasteiger partial charge is 0.464 e. The zero-order chi connectivity index (χ0) is 11.4. The maximum atomic E-state index is 11.0. The summed E-state index contributed by atoms with van der Waals surface area (Å²) < 4.78 is 33.5. The number of ether oxygens (including phenoxy) is 1. The van der Waals surface area contributed by atoms with E-state index in [2.05, 4.69) is 4.74 Å². The van der Waals surface area contributed by atoms with Crippen LogP contribution in [0.15, 0.2) is 0 Å². The molecule has 0 aliphatic rings. The van der Waals surface area contributed by atoms with E-state index in [-0.39, 0.29) is 18.4 Å². The molecule has 14 heavy (non-hydrogen) atoms. The van der Waals surface area contributed by atoms with Crippen LogP contribution in [0, 0.1) is 5.41 Å². The van der Waals surface area contributed by atoms with Gasteiger partial charge in [-0.1, -0.05) is 20.8 Å². The van der Waals surface area contributed by atoms with Crippen molar-refractivity contribution in [3.63, 3.8) is 0 Å². The monoisotopic (exact) mass is 224 g/mol. The van der Waals surface area contributed by atoms with Gasteiger partial charge in [-0.25, -0.2) is 0 Å². The summed E-state index contributed by atoms with van der Waals surface area (Å²) in [6, 6.07) is 0. The maximum Gasteiger partial charge on any atom is 0.306 e. The van der Waals surface area contributed by atoms with Gasteiger partial charge in [-0.05, 0) is 5.41 Å². The predicted molar refractivity (Wildman–Crippen MR) is 51.4 cm³/mol. The molecule has 0 aliphatic heterocycles. The molecule has 0 amide bonds. The van der Waals surface area contributed by atoms with Crippen molar-refractivity contribution in [2.24, 2.45) is 5.41 Å². The molecule has 5 nitrogen and oxygen atoms in total. The quantitative estimate of drug-likeness (QED) is 0.565. The van der Waals surface area contributed by atoms with Gasteiger partial charge >= 0.3 is 5.97 Å². The molecule has 0 atom stereocenters. The molecule has 1 N–H and O–H groups in total. The van der Waals surface area contributed by atoms with Crippen molar-refractivity contribution >= 4 is 16.1 Å². The van der Waals surface area contributed by atoms with E-state index in [1.54, 1.807) is 0 Å². The second-order valence-electron chi connectivity index (χ2n) is 4.24. The first-order valence-electron chi connectivity index (χ1n) is 4.21. The Morgan fingerprint density at radius 2 is 1.86 bits per heavy atom. The molecule has 0 unspecified atom stereocenters. The summed E-state index contributed by atoms with van der Waals surface area (Å²) in [6.07, 6.45) is 0.221. The van der Waals surface area contributed by atoms with Crippen LogP contribution in [0.25, 0.3) is 0 Å². The lowest BCUT2D eigenvalue weighted by Gasteiger charge is -2.16. The lowest BCUT2D eigenvalue weighted by atomic mass is 9.93. The van der Waals surface area contributed by atoms with Crippen molar-refractivity contribution in [2.45, 2.75) is 27.2 Å². The van der Waals surface area contributed by atoms with Crippen molar-refractivity contribution in [1.82, 2.24) is 0 Å². The number of hydrogen-bond donors (Lipinski definition) is 1. The van der Waals surface area contributed by atoms with Gasteiger partial charge in [-0.3, -0.25) is 9.35 Å². The molecule has 0 aromatic carbocycles. The highest BCUT2D eigenvalue weighted by Gasteiger charge is 2.17. The second kappa shape index (κ2) is 4.75. The first-order valence-corrected chi connectivity index (χ1v) is 5.82. The van der Waals surface area contributed by atoms with E-state index in [9.17, 15) is 13.2 Å². The highest BCUT2D eigenvalue weighted by Crippen LogP contribution is 2.18. The number of rotatable bonds is 4. The van der Waals surface area contributed by atoms with E-state index >= 15 is 0 Å². The van der Waals surface area contributed by atoms with Gasteiger partial charge in [0, 0.05) is 0 Å². The van der Waals surface area contributed by atoms with Crippen LogP contribution >= 0.6 is 0 Å². The molecule has 0 rings (SSSR count). The maximum absolute atomic E-state index is 11.0. The molecule has 0 aromatic rings. The molecule has 0 aliphatic carbocycles. The minimum absolute atomic E-state index is 0.185. The van der Waals surface area contributed by atoms with E-state index in [1.165, 1.54) is 0 Å². The fourth-order valence-electron chi connectivity index (χ4n) is 0.745. The van der Waals surface area contributed by atoms with Crippen LogP contribution in [-0.2, 0) is 19.6 Å². The Hall–Kier alpha value is -0.620. The molecule has 0 bridgehead atoms. The zero-order valence-corrected chi connectivity index (χ0v) is 9.43. The van der Waals surface area contributed by atoms with E-state index in [0.717, 1.165) is 0 Å². The van der Waals surface area contributed by atoms with Crippen LogP contribution in [0.3, 0.4) is 0 Å². The highest BCUT2D eigenvalue weighted by molar-refractivity contribution is 7.85. The first kappa shape index (κ1) is 13.4. The summed E-state index contributed by atoms with van der Waals surface area (Å²) in [5.41, 5.74) is -0.185. The molecule has 0 saturated heterocycles. The van der Waals surface area contributed by atoms with Crippen LogP contribution < -0.4 is 0 Å². The Kier molecular flexibility index (Phi) is 4.54. The summed E-state index contributed by atoms with van der Waals surface area (Å²) in [5, 5.41) is 0. The van der Waals surface area contributed by atoms with Crippen LogP contribution in [-0.4, -0.2) is 31.3 Å².